The number of hydrogen-bond acceptors (Lipinski definition) is 1. The number of carboxylic acid groups (broad SMARTS) is 1. The summed E-state index contributed by atoms with van der Waals surface area (Å²) in [5.41, 5.74) is 3.43. The lowest BCUT2D eigenvalue weighted by Gasteiger charge is -2.35. The Morgan fingerprint density at radius 1 is 1.16 bits per heavy atom. The average molecular weight is 258 g/mol. The van der Waals surface area contributed by atoms with Gasteiger partial charge in [0.15, 0.2) is 6.71 Å². The van der Waals surface area contributed by atoms with E-state index in [1.54, 1.807) is 6.07 Å². The lowest BCUT2D eigenvalue weighted by molar-refractivity contribution is 0.0697. The summed E-state index contributed by atoms with van der Waals surface area (Å²) in [6.07, 6.45) is 2.26. The molecular weight excluding hydrogens is 235 g/mol. The molecule has 1 aliphatic heterocycles. The monoisotopic (exact) mass is 258 g/mol. The zero-order valence-electron chi connectivity index (χ0n) is 12.6. The summed E-state index contributed by atoms with van der Waals surface area (Å²) in [5.74, 6) is -0.835. The van der Waals surface area contributed by atoms with Gasteiger partial charge < -0.3 is 5.11 Å². The molecule has 1 fully saturated rings. The van der Waals surface area contributed by atoms with E-state index in [4.69, 9.17) is 5.11 Å². The van der Waals surface area contributed by atoms with Crippen molar-refractivity contribution < 1.29 is 9.90 Å². The Labute approximate surface area is 116 Å². The van der Waals surface area contributed by atoms with Crippen molar-refractivity contribution in [3.8, 4) is 0 Å². The predicted octanol–water partition coefficient (Wildman–Crippen LogP) is 3.46. The van der Waals surface area contributed by atoms with Gasteiger partial charge in [-0.25, -0.2) is 4.79 Å². The first-order valence-corrected chi connectivity index (χ1v) is 6.98. The van der Waals surface area contributed by atoms with E-state index in [9.17, 15) is 4.79 Å². The van der Waals surface area contributed by atoms with Crippen LogP contribution in [0.3, 0.4) is 0 Å². The van der Waals surface area contributed by atoms with Crippen LogP contribution in [0.15, 0.2) is 18.2 Å². The van der Waals surface area contributed by atoms with Gasteiger partial charge in [0.2, 0.25) is 0 Å². The number of hydrogen-bond donors (Lipinski definition) is 1. The Morgan fingerprint density at radius 3 is 2.16 bits per heavy atom. The van der Waals surface area contributed by atoms with Gasteiger partial charge in [-0.3, -0.25) is 0 Å². The minimum Gasteiger partial charge on any atom is -0.478 e. The number of aryl methyl sites for hydroxylation is 1. The molecular formula is C16H23BO2. The summed E-state index contributed by atoms with van der Waals surface area (Å²) in [5, 5.41) is 9.15. The van der Waals surface area contributed by atoms with Crippen molar-refractivity contribution >= 4 is 18.1 Å². The third kappa shape index (κ3) is 2.43. The average Bonchev–Trinajstić information content (AvgIpc) is 2.48. The topological polar surface area (TPSA) is 37.3 Å². The summed E-state index contributed by atoms with van der Waals surface area (Å²) in [6, 6.07) is 5.52. The minimum absolute atomic E-state index is 0.295. The fraction of sp³-hybridized carbons (Fsp3) is 0.562. The lowest BCUT2D eigenvalue weighted by Crippen LogP contribution is -2.31. The number of carboxylic acids is 1. The Balaban J connectivity index is 2.39. The molecule has 0 amide bonds. The Hall–Kier alpha value is -1.25. The quantitative estimate of drug-likeness (QED) is 0.825. The fourth-order valence-electron chi connectivity index (χ4n) is 3.29. The van der Waals surface area contributed by atoms with Gasteiger partial charge >= 0.3 is 5.97 Å². The van der Waals surface area contributed by atoms with Gasteiger partial charge in [-0.1, -0.05) is 63.5 Å². The summed E-state index contributed by atoms with van der Waals surface area (Å²) < 4.78 is 0. The lowest BCUT2D eigenvalue weighted by atomic mass is 9.41. The highest BCUT2D eigenvalue weighted by Gasteiger charge is 2.48. The van der Waals surface area contributed by atoms with E-state index in [0.717, 1.165) is 12.6 Å². The van der Waals surface area contributed by atoms with E-state index in [1.165, 1.54) is 11.0 Å². The van der Waals surface area contributed by atoms with Crippen molar-refractivity contribution in [2.75, 3.05) is 0 Å². The van der Waals surface area contributed by atoms with Crippen molar-refractivity contribution in [3.05, 3.63) is 29.3 Å². The van der Waals surface area contributed by atoms with Crippen LogP contribution in [0, 0.1) is 17.8 Å². The molecule has 0 unspecified atom stereocenters. The highest BCUT2D eigenvalue weighted by molar-refractivity contribution is 6.74. The highest BCUT2D eigenvalue weighted by atomic mass is 16.4. The molecule has 1 saturated heterocycles. The first-order chi connectivity index (χ1) is 8.64. The van der Waals surface area contributed by atoms with Gasteiger partial charge in [-0.15, -0.1) is 0 Å². The van der Waals surface area contributed by atoms with E-state index in [0.29, 0.717) is 23.1 Å². The van der Waals surface area contributed by atoms with Crippen LogP contribution in [0.2, 0.25) is 12.6 Å². The van der Waals surface area contributed by atoms with Crippen molar-refractivity contribution in [1.82, 2.24) is 0 Å². The van der Waals surface area contributed by atoms with Gasteiger partial charge in [0, 0.05) is 0 Å². The molecule has 1 N–H and O–H groups in total. The van der Waals surface area contributed by atoms with Gasteiger partial charge in [0.1, 0.15) is 0 Å². The Bertz CT molecular complexity index is 501. The smallest absolute Gasteiger partial charge is 0.335 e. The molecule has 0 spiro atoms. The molecule has 2 nitrogen and oxygen atoms in total. The van der Waals surface area contributed by atoms with E-state index in [-0.39, 0.29) is 0 Å². The SMILES string of the molecule is Cc1ccc(C(=O)O)cc1B1CC(C)(C)C(C)(C)C1. The molecule has 2 rings (SSSR count). The molecule has 1 aromatic rings. The Kier molecular flexibility index (Phi) is 3.28. The molecule has 1 aromatic carbocycles. The molecule has 0 aromatic heterocycles. The molecule has 0 atom stereocenters. The molecule has 1 heterocycles. The van der Waals surface area contributed by atoms with Crippen LogP contribution in [0.5, 0.6) is 0 Å². The standard InChI is InChI=1S/C16H23BO2/c1-11-6-7-12(14(18)19)8-13(11)17-9-15(2,3)16(4,5)10-17/h6-8H,9-10H2,1-5H3,(H,18,19). The second-order valence-corrected chi connectivity index (χ2v) is 7.25. The number of aromatic carboxylic acids is 1. The van der Waals surface area contributed by atoms with Gasteiger partial charge in [-0.2, -0.15) is 0 Å². The largest absolute Gasteiger partial charge is 0.478 e. The van der Waals surface area contributed by atoms with Gasteiger partial charge in [0.05, 0.1) is 5.56 Å². The van der Waals surface area contributed by atoms with Crippen molar-refractivity contribution in [2.24, 2.45) is 10.8 Å². The summed E-state index contributed by atoms with van der Waals surface area (Å²) in [7, 11) is 0. The van der Waals surface area contributed by atoms with Gasteiger partial charge in [0.25, 0.3) is 0 Å². The molecule has 19 heavy (non-hydrogen) atoms. The molecule has 102 valence electrons. The van der Waals surface area contributed by atoms with Crippen molar-refractivity contribution in [2.45, 2.75) is 47.3 Å². The van der Waals surface area contributed by atoms with Gasteiger partial charge in [-0.05, 0) is 23.8 Å². The Morgan fingerprint density at radius 2 is 1.68 bits per heavy atom. The van der Waals surface area contributed by atoms with E-state index >= 15 is 0 Å². The maximum absolute atomic E-state index is 11.1. The van der Waals surface area contributed by atoms with Crippen LogP contribution in [0.1, 0.15) is 43.6 Å². The summed E-state index contributed by atoms with van der Waals surface area (Å²) in [4.78, 5) is 11.1. The van der Waals surface area contributed by atoms with Crippen LogP contribution in [0.25, 0.3) is 0 Å². The number of rotatable bonds is 2. The number of carbonyl (C=O) groups is 1. The summed E-state index contributed by atoms with van der Waals surface area (Å²) in [6.45, 7) is 11.9. The van der Waals surface area contributed by atoms with Crippen LogP contribution >= 0.6 is 0 Å². The molecule has 0 aliphatic carbocycles. The maximum atomic E-state index is 11.1. The van der Waals surface area contributed by atoms with Crippen LogP contribution in [0.4, 0.5) is 0 Å². The molecule has 1 aliphatic rings. The first-order valence-electron chi connectivity index (χ1n) is 6.98. The van der Waals surface area contributed by atoms with Crippen LogP contribution in [-0.2, 0) is 0 Å². The van der Waals surface area contributed by atoms with E-state index < -0.39 is 5.97 Å². The zero-order valence-corrected chi connectivity index (χ0v) is 12.6. The molecule has 3 heteroatoms. The van der Waals surface area contributed by atoms with Crippen molar-refractivity contribution in [1.29, 1.82) is 0 Å². The van der Waals surface area contributed by atoms with E-state index in [1.807, 2.05) is 12.1 Å². The fourth-order valence-corrected chi connectivity index (χ4v) is 3.29. The predicted molar refractivity (Wildman–Crippen MR) is 80.7 cm³/mol. The summed E-state index contributed by atoms with van der Waals surface area (Å²) >= 11 is 0. The normalized spacial score (nSPS) is 20.6. The maximum Gasteiger partial charge on any atom is 0.335 e. The molecule has 0 radical (unpaired) electrons. The second kappa shape index (κ2) is 4.40. The third-order valence-electron chi connectivity index (χ3n) is 5.31. The minimum atomic E-state index is -0.835. The molecule has 0 saturated carbocycles. The van der Waals surface area contributed by atoms with Crippen LogP contribution < -0.4 is 5.46 Å². The van der Waals surface area contributed by atoms with Crippen LogP contribution in [-0.4, -0.2) is 17.8 Å². The van der Waals surface area contributed by atoms with Crippen molar-refractivity contribution in [3.63, 3.8) is 0 Å². The highest BCUT2D eigenvalue weighted by Crippen LogP contribution is 2.52. The molecule has 0 bridgehead atoms. The zero-order chi connectivity index (χ0) is 14.4. The van der Waals surface area contributed by atoms with E-state index in [2.05, 4.69) is 34.6 Å². The third-order valence-corrected chi connectivity index (χ3v) is 5.31. The first kappa shape index (κ1) is 14.2. The number of benzene rings is 1. The second-order valence-electron chi connectivity index (χ2n) is 7.25.